The molecule has 1 aliphatic rings. The summed E-state index contributed by atoms with van der Waals surface area (Å²) in [6, 6.07) is 1.38. The molecule has 1 aliphatic heterocycles. The van der Waals surface area contributed by atoms with Gasteiger partial charge in [0, 0.05) is 44.3 Å². The van der Waals surface area contributed by atoms with Gasteiger partial charge < -0.3 is 10.1 Å². The van der Waals surface area contributed by atoms with E-state index in [-0.39, 0.29) is 12.0 Å². The first-order valence-electron chi connectivity index (χ1n) is 4.96. The number of nitrogens with one attached hydrogen (secondary N) is 1. The molecule has 0 unspecified atom stereocenters. The lowest BCUT2D eigenvalue weighted by molar-refractivity contribution is -0.0512. The molecule has 0 bridgehead atoms. The van der Waals surface area contributed by atoms with E-state index < -0.39 is 23.1 Å². The minimum atomic E-state index is -0.906. The molecule has 1 fully saturated rings. The smallest absolute Gasteiger partial charge is 0.132 e. The molecule has 0 amide bonds. The van der Waals surface area contributed by atoms with Gasteiger partial charge in [0.15, 0.2) is 0 Å². The van der Waals surface area contributed by atoms with E-state index in [4.69, 9.17) is 4.74 Å². The van der Waals surface area contributed by atoms with Gasteiger partial charge in [0.05, 0.1) is 5.60 Å². The van der Waals surface area contributed by atoms with Crippen LogP contribution in [0.4, 0.5) is 13.2 Å². The summed E-state index contributed by atoms with van der Waals surface area (Å²) in [4.78, 5) is 0. The maximum absolute atomic E-state index is 13.4. The van der Waals surface area contributed by atoms with E-state index in [0.29, 0.717) is 25.2 Å². The van der Waals surface area contributed by atoms with E-state index in [1.165, 1.54) is 7.11 Å². The van der Waals surface area contributed by atoms with Crippen LogP contribution in [0.3, 0.4) is 0 Å². The van der Waals surface area contributed by atoms with Crippen LogP contribution in [0.1, 0.15) is 5.56 Å². The fourth-order valence-electron chi connectivity index (χ4n) is 1.81. The number of ether oxygens (including phenoxy) is 1. The first-order chi connectivity index (χ1) is 7.56. The Hall–Kier alpha value is -1.07. The summed E-state index contributed by atoms with van der Waals surface area (Å²) in [5.74, 6) is -2.63. The van der Waals surface area contributed by atoms with Crippen LogP contribution in [0.25, 0.3) is 0 Å². The van der Waals surface area contributed by atoms with E-state index in [9.17, 15) is 13.2 Å². The molecule has 0 aromatic heterocycles. The van der Waals surface area contributed by atoms with Crippen LogP contribution in [0, 0.1) is 17.5 Å². The molecular formula is C11H12F3NO. The standard InChI is InChI=1S/C11H12F3NO/c1-16-11(5-15-6-11)4-8-9(13)2-7(12)3-10(8)14/h2-3,15H,4-6H2,1H3. The average Bonchev–Trinajstić information content (AvgIpc) is 2.14. The molecule has 16 heavy (non-hydrogen) atoms. The molecule has 1 saturated heterocycles. The number of hydrogen-bond acceptors (Lipinski definition) is 2. The lowest BCUT2D eigenvalue weighted by Crippen LogP contribution is -2.62. The molecule has 0 spiro atoms. The van der Waals surface area contributed by atoms with Crippen LogP contribution in [-0.4, -0.2) is 25.8 Å². The Bertz CT molecular complexity index is 376. The van der Waals surface area contributed by atoms with Crippen LogP contribution in [0.5, 0.6) is 0 Å². The van der Waals surface area contributed by atoms with Crippen LogP contribution in [0.2, 0.25) is 0 Å². The van der Waals surface area contributed by atoms with Crippen molar-refractivity contribution in [1.82, 2.24) is 5.32 Å². The maximum atomic E-state index is 13.4. The van der Waals surface area contributed by atoms with Crippen molar-refractivity contribution in [3.8, 4) is 0 Å². The molecule has 1 aromatic carbocycles. The second-order valence-corrected chi connectivity index (χ2v) is 4.02. The van der Waals surface area contributed by atoms with Gasteiger partial charge >= 0.3 is 0 Å². The van der Waals surface area contributed by atoms with Gasteiger partial charge in [-0.2, -0.15) is 0 Å². The Morgan fingerprint density at radius 3 is 2.19 bits per heavy atom. The predicted molar refractivity (Wildman–Crippen MR) is 52.6 cm³/mol. The quantitative estimate of drug-likeness (QED) is 0.853. The highest BCUT2D eigenvalue weighted by molar-refractivity contribution is 5.24. The van der Waals surface area contributed by atoms with Gasteiger partial charge in [-0.1, -0.05) is 0 Å². The summed E-state index contributed by atoms with van der Waals surface area (Å²) >= 11 is 0. The fraction of sp³-hybridized carbons (Fsp3) is 0.455. The van der Waals surface area contributed by atoms with Crippen molar-refractivity contribution in [3.63, 3.8) is 0 Å². The van der Waals surface area contributed by atoms with Crippen LogP contribution in [-0.2, 0) is 11.2 Å². The van der Waals surface area contributed by atoms with E-state index in [0.717, 1.165) is 0 Å². The number of benzene rings is 1. The second-order valence-electron chi connectivity index (χ2n) is 4.02. The third-order valence-electron chi connectivity index (χ3n) is 2.93. The predicted octanol–water partition coefficient (Wildman–Crippen LogP) is 1.63. The Morgan fingerprint density at radius 2 is 1.81 bits per heavy atom. The summed E-state index contributed by atoms with van der Waals surface area (Å²) in [5, 5.41) is 2.98. The van der Waals surface area contributed by atoms with Gasteiger partial charge in [-0.3, -0.25) is 0 Å². The molecule has 0 saturated carbocycles. The Morgan fingerprint density at radius 1 is 1.25 bits per heavy atom. The van der Waals surface area contributed by atoms with Gasteiger partial charge in [-0.05, 0) is 0 Å². The molecule has 5 heteroatoms. The van der Waals surface area contributed by atoms with Gasteiger partial charge in [0.1, 0.15) is 17.5 Å². The number of rotatable bonds is 3. The first-order valence-corrected chi connectivity index (χ1v) is 4.96. The van der Waals surface area contributed by atoms with Crippen LogP contribution in [0.15, 0.2) is 12.1 Å². The summed E-state index contributed by atoms with van der Waals surface area (Å²) < 4.78 is 44.7. The molecule has 1 aromatic rings. The molecule has 0 aliphatic carbocycles. The van der Waals surface area contributed by atoms with Crippen molar-refractivity contribution < 1.29 is 17.9 Å². The Labute approximate surface area is 91.4 Å². The van der Waals surface area contributed by atoms with Crippen molar-refractivity contribution in [1.29, 1.82) is 0 Å². The number of hydrogen-bond donors (Lipinski definition) is 1. The van der Waals surface area contributed by atoms with E-state index in [1.807, 2.05) is 0 Å². The van der Waals surface area contributed by atoms with Gasteiger partial charge in [0.2, 0.25) is 0 Å². The minimum absolute atomic E-state index is 0.106. The second kappa shape index (κ2) is 4.07. The highest BCUT2D eigenvalue weighted by atomic mass is 19.1. The summed E-state index contributed by atoms with van der Waals surface area (Å²) in [6.45, 7) is 1.08. The zero-order chi connectivity index (χ0) is 11.8. The van der Waals surface area contributed by atoms with Crippen molar-refractivity contribution in [2.75, 3.05) is 20.2 Å². The maximum Gasteiger partial charge on any atom is 0.132 e. The lowest BCUT2D eigenvalue weighted by Gasteiger charge is -2.41. The molecule has 88 valence electrons. The summed E-state index contributed by atoms with van der Waals surface area (Å²) in [7, 11) is 1.50. The Kier molecular flexibility index (Phi) is 2.90. The van der Waals surface area contributed by atoms with Crippen molar-refractivity contribution in [2.24, 2.45) is 0 Å². The average molecular weight is 231 g/mol. The van der Waals surface area contributed by atoms with Crippen LogP contribution >= 0.6 is 0 Å². The van der Waals surface area contributed by atoms with E-state index in [1.54, 1.807) is 0 Å². The minimum Gasteiger partial charge on any atom is -0.375 e. The molecule has 2 rings (SSSR count). The SMILES string of the molecule is COC1(Cc2c(F)cc(F)cc2F)CNC1. The molecular weight excluding hydrogens is 219 g/mol. The Balaban J connectivity index is 2.27. The molecule has 0 atom stereocenters. The van der Waals surface area contributed by atoms with Crippen LogP contribution < -0.4 is 5.32 Å². The zero-order valence-corrected chi connectivity index (χ0v) is 8.82. The molecule has 1 heterocycles. The number of methoxy groups -OCH3 is 1. The third-order valence-corrected chi connectivity index (χ3v) is 2.93. The fourth-order valence-corrected chi connectivity index (χ4v) is 1.81. The molecule has 0 radical (unpaired) electrons. The lowest BCUT2D eigenvalue weighted by atomic mass is 9.88. The van der Waals surface area contributed by atoms with Gasteiger partial charge in [-0.25, -0.2) is 13.2 Å². The van der Waals surface area contributed by atoms with E-state index >= 15 is 0 Å². The third kappa shape index (κ3) is 1.92. The number of halogens is 3. The summed E-state index contributed by atoms with van der Waals surface area (Å²) in [5.41, 5.74) is -0.691. The van der Waals surface area contributed by atoms with Crippen molar-refractivity contribution in [3.05, 3.63) is 35.1 Å². The summed E-state index contributed by atoms with van der Waals surface area (Å²) in [6.07, 6.45) is 0.106. The van der Waals surface area contributed by atoms with E-state index in [2.05, 4.69) is 5.32 Å². The topological polar surface area (TPSA) is 21.3 Å². The normalized spacial score (nSPS) is 18.2. The van der Waals surface area contributed by atoms with Crippen molar-refractivity contribution in [2.45, 2.75) is 12.0 Å². The highest BCUT2D eigenvalue weighted by Crippen LogP contribution is 2.25. The van der Waals surface area contributed by atoms with Crippen molar-refractivity contribution >= 4 is 0 Å². The molecule has 2 nitrogen and oxygen atoms in total. The zero-order valence-electron chi connectivity index (χ0n) is 8.82. The molecule has 1 N–H and O–H groups in total. The van der Waals surface area contributed by atoms with Gasteiger partial charge in [-0.15, -0.1) is 0 Å². The largest absolute Gasteiger partial charge is 0.375 e. The van der Waals surface area contributed by atoms with Gasteiger partial charge in [0.25, 0.3) is 0 Å². The first kappa shape index (κ1) is 11.4. The highest BCUT2D eigenvalue weighted by Gasteiger charge is 2.38. The monoisotopic (exact) mass is 231 g/mol.